The summed E-state index contributed by atoms with van der Waals surface area (Å²) >= 11 is 0. The van der Waals surface area contributed by atoms with E-state index >= 15 is 0 Å². The van der Waals surface area contributed by atoms with Crippen molar-refractivity contribution >= 4 is 17.9 Å². The van der Waals surface area contributed by atoms with E-state index in [9.17, 15) is 19.5 Å². The maximum atomic E-state index is 11.8. The van der Waals surface area contributed by atoms with Gasteiger partial charge in [-0.05, 0) is 6.92 Å². The van der Waals surface area contributed by atoms with Gasteiger partial charge in [-0.15, -0.1) is 10.2 Å². The first kappa shape index (κ1) is 20.3. The van der Waals surface area contributed by atoms with Crippen LogP contribution in [0.25, 0.3) is 0 Å². The van der Waals surface area contributed by atoms with Crippen molar-refractivity contribution in [3.05, 3.63) is 11.8 Å². The van der Waals surface area contributed by atoms with Crippen LogP contribution in [0.5, 0.6) is 0 Å². The van der Waals surface area contributed by atoms with Gasteiger partial charge in [0.25, 0.3) is 0 Å². The van der Waals surface area contributed by atoms with Crippen LogP contribution in [0.15, 0.2) is 4.42 Å². The number of primary amides is 1. The van der Waals surface area contributed by atoms with Gasteiger partial charge in [-0.25, -0.2) is 9.59 Å². The molecule has 13 nitrogen and oxygen atoms in total. The first-order chi connectivity index (χ1) is 11.6. The second kappa shape index (κ2) is 8.91. The molecule has 0 saturated heterocycles. The lowest BCUT2D eigenvalue weighted by molar-refractivity contribution is -0.140. The van der Waals surface area contributed by atoms with Gasteiger partial charge >= 0.3 is 12.0 Å². The molecule has 1 aromatic rings. The van der Waals surface area contributed by atoms with E-state index in [1.165, 1.54) is 6.92 Å². The third-order valence-corrected chi connectivity index (χ3v) is 3.06. The molecule has 0 aliphatic carbocycles. The molecule has 1 aromatic heterocycles. The molecule has 0 spiro atoms. The quantitative estimate of drug-likeness (QED) is 0.238. The average molecular weight is 360 g/mol. The van der Waals surface area contributed by atoms with E-state index in [0.717, 1.165) is 0 Å². The SMILES string of the molecule is C[C@H](O)[C@H](N)c1nnc([C@H](CC(N)=O)NC(=O)N[C@@H](CO)C(=O)O)o1. The standard InChI is InChI=1S/C12H20N6O7/c1-4(20)8(14)10-18-17-9(25-10)5(2-7(13)21)15-12(24)16-6(3-19)11(22)23/h4-6,8,19-20H,2-3,14H2,1H3,(H2,13,21)(H,22,23)(H2,15,16,24)/t4-,5-,6-,8-/m0/s1. The summed E-state index contributed by atoms with van der Waals surface area (Å²) in [6.45, 7) is 0.569. The lowest BCUT2D eigenvalue weighted by Gasteiger charge is -2.17. The smallest absolute Gasteiger partial charge is 0.328 e. The van der Waals surface area contributed by atoms with Crippen LogP contribution in [-0.4, -0.2) is 62.2 Å². The minimum atomic E-state index is -1.55. The fraction of sp³-hybridized carbons (Fsp3) is 0.583. The second-order valence-corrected chi connectivity index (χ2v) is 5.16. The Morgan fingerprint density at radius 3 is 2.32 bits per heavy atom. The molecular weight excluding hydrogens is 340 g/mol. The van der Waals surface area contributed by atoms with Gasteiger partial charge in [0.15, 0.2) is 6.04 Å². The van der Waals surface area contributed by atoms with Gasteiger partial charge in [0.1, 0.15) is 12.1 Å². The average Bonchev–Trinajstić information content (AvgIpc) is 3.00. The number of carbonyl (C=O) groups excluding carboxylic acids is 2. The Kier molecular flexibility index (Phi) is 7.22. The van der Waals surface area contributed by atoms with E-state index in [0.29, 0.717) is 0 Å². The molecule has 0 radical (unpaired) electrons. The molecule has 0 bridgehead atoms. The molecular formula is C12H20N6O7. The summed E-state index contributed by atoms with van der Waals surface area (Å²) in [4.78, 5) is 33.8. The van der Waals surface area contributed by atoms with Crippen molar-refractivity contribution < 1.29 is 34.1 Å². The second-order valence-electron chi connectivity index (χ2n) is 5.16. The van der Waals surface area contributed by atoms with Gasteiger partial charge in [0.2, 0.25) is 17.7 Å². The highest BCUT2D eigenvalue weighted by atomic mass is 16.4. The molecule has 25 heavy (non-hydrogen) atoms. The number of aromatic nitrogens is 2. The van der Waals surface area contributed by atoms with Gasteiger partial charge in [-0.3, -0.25) is 4.79 Å². The van der Waals surface area contributed by atoms with Crippen LogP contribution in [-0.2, 0) is 9.59 Å². The molecule has 140 valence electrons. The number of rotatable bonds is 9. The Labute approximate surface area is 141 Å². The molecule has 13 heteroatoms. The number of aliphatic hydroxyl groups is 2. The number of carboxylic acid groups (broad SMARTS) is 1. The molecule has 0 aliphatic rings. The highest BCUT2D eigenvalue weighted by Crippen LogP contribution is 2.19. The number of aliphatic hydroxyl groups excluding tert-OH is 2. The van der Waals surface area contributed by atoms with Crippen molar-refractivity contribution in [2.45, 2.75) is 37.6 Å². The van der Waals surface area contributed by atoms with Crippen molar-refractivity contribution in [2.75, 3.05) is 6.61 Å². The Balaban J connectivity index is 2.89. The van der Waals surface area contributed by atoms with Gasteiger partial charge in [0, 0.05) is 0 Å². The van der Waals surface area contributed by atoms with Gasteiger partial charge in [0.05, 0.1) is 19.1 Å². The first-order valence-electron chi connectivity index (χ1n) is 7.11. The van der Waals surface area contributed by atoms with Gasteiger partial charge in [-0.2, -0.15) is 0 Å². The zero-order valence-electron chi connectivity index (χ0n) is 13.2. The van der Waals surface area contributed by atoms with Crippen molar-refractivity contribution in [1.82, 2.24) is 20.8 Å². The zero-order chi connectivity index (χ0) is 19.1. The normalized spacial score (nSPS) is 15.7. The van der Waals surface area contributed by atoms with E-state index in [2.05, 4.69) is 15.5 Å². The Bertz CT molecular complexity index is 619. The highest BCUT2D eigenvalue weighted by Gasteiger charge is 2.27. The summed E-state index contributed by atoms with van der Waals surface area (Å²) in [7, 11) is 0. The first-order valence-corrected chi connectivity index (χ1v) is 7.11. The Morgan fingerprint density at radius 1 is 1.24 bits per heavy atom. The summed E-state index contributed by atoms with van der Waals surface area (Å²) in [5.41, 5.74) is 10.7. The van der Waals surface area contributed by atoms with Crippen molar-refractivity contribution in [1.29, 1.82) is 0 Å². The van der Waals surface area contributed by atoms with Crippen LogP contribution in [0.3, 0.4) is 0 Å². The molecule has 0 unspecified atom stereocenters. The lowest BCUT2D eigenvalue weighted by Crippen LogP contribution is -2.49. The van der Waals surface area contributed by atoms with Gasteiger partial charge < -0.3 is 41.8 Å². The molecule has 4 atom stereocenters. The molecule has 1 heterocycles. The molecule has 9 N–H and O–H groups in total. The maximum absolute atomic E-state index is 11.8. The topological polar surface area (TPSA) is 227 Å². The van der Waals surface area contributed by atoms with E-state index in [4.69, 9.17) is 26.1 Å². The number of carbonyl (C=O) groups is 3. The minimum Gasteiger partial charge on any atom is -0.480 e. The Hall–Kier alpha value is -2.77. The van der Waals surface area contributed by atoms with Crippen molar-refractivity contribution in [3.8, 4) is 0 Å². The Morgan fingerprint density at radius 2 is 1.84 bits per heavy atom. The van der Waals surface area contributed by atoms with Crippen LogP contribution < -0.4 is 22.1 Å². The number of nitrogens with two attached hydrogens (primary N) is 2. The van der Waals surface area contributed by atoms with Crippen LogP contribution in [0, 0.1) is 0 Å². The molecule has 0 saturated carbocycles. The summed E-state index contributed by atoms with van der Waals surface area (Å²) in [6.07, 6.45) is -1.41. The third kappa shape index (κ3) is 5.98. The molecule has 0 aromatic carbocycles. The van der Waals surface area contributed by atoms with E-state index < -0.39 is 55.2 Å². The number of hydrogen-bond donors (Lipinski definition) is 7. The zero-order valence-corrected chi connectivity index (χ0v) is 13.2. The molecule has 1 rings (SSSR count). The number of hydrogen-bond acceptors (Lipinski definition) is 9. The predicted octanol–water partition coefficient (Wildman–Crippen LogP) is -2.89. The van der Waals surface area contributed by atoms with Crippen LogP contribution in [0.1, 0.15) is 37.2 Å². The van der Waals surface area contributed by atoms with Crippen LogP contribution in [0.4, 0.5) is 4.79 Å². The van der Waals surface area contributed by atoms with Crippen LogP contribution in [0.2, 0.25) is 0 Å². The number of nitrogens with one attached hydrogen (secondary N) is 2. The van der Waals surface area contributed by atoms with E-state index in [1.807, 2.05) is 5.32 Å². The van der Waals surface area contributed by atoms with E-state index in [1.54, 1.807) is 0 Å². The fourth-order valence-electron chi connectivity index (χ4n) is 1.67. The molecule has 0 fully saturated rings. The van der Waals surface area contributed by atoms with E-state index in [-0.39, 0.29) is 11.8 Å². The lowest BCUT2D eigenvalue weighted by atomic mass is 10.2. The third-order valence-electron chi connectivity index (χ3n) is 3.06. The maximum Gasteiger partial charge on any atom is 0.328 e. The van der Waals surface area contributed by atoms with Crippen molar-refractivity contribution in [2.24, 2.45) is 11.5 Å². The highest BCUT2D eigenvalue weighted by molar-refractivity contribution is 5.83. The monoisotopic (exact) mass is 360 g/mol. The number of carboxylic acids is 1. The molecule has 3 amide bonds. The fourth-order valence-corrected chi connectivity index (χ4v) is 1.67. The predicted molar refractivity (Wildman–Crippen MR) is 79.6 cm³/mol. The van der Waals surface area contributed by atoms with Crippen molar-refractivity contribution in [3.63, 3.8) is 0 Å². The molecule has 0 aliphatic heterocycles. The number of amides is 3. The van der Waals surface area contributed by atoms with Crippen LogP contribution >= 0.6 is 0 Å². The summed E-state index contributed by atoms with van der Waals surface area (Å²) in [5, 5.41) is 38.5. The number of urea groups is 1. The summed E-state index contributed by atoms with van der Waals surface area (Å²) in [6, 6.07) is -4.69. The largest absolute Gasteiger partial charge is 0.480 e. The summed E-state index contributed by atoms with van der Waals surface area (Å²) < 4.78 is 5.23. The number of nitrogens with zero attached hydrogens (tertiary/aromatic N) is 2. The van der Waals surface area contributed by atoms with Gasteiger partial charge in [-0.1, -0.05) is 0 Å². The number of aliphatic carboxylic acids is 1. The minimum absolute atomic E-state index is 0.125. The summed E-state index contributed by atoms with van der Waals surface area (Å²) in [5.74, 6) is -2.59.